The third kappa shape index (κ3) is 3.95. The summed E-state index contributed by atoms with van der Waals surface area (Å²) in [5.74, 6) is -1.54. The van der Waals surface area contributed by atoms with Crippen LogP contribution in [0, 0.1) is 13.8 Å². The molecule has 2 atom stereocenters. The third-order valence-corrected chi connectivity index (χ3v) is 4.28. The predicted octanol–water partition coefficient (Wildman–Crippen LogP) is 3.41. The van der Waals surface area contributed by atoms with Gasteiger partial charge in [-0.15, -0.1) is 0 Å². The molecule has 0 aliphatic heterocycles. The Morgan fingerprint density at radius 1 is 0.800 bits per heavy atom. The predicted molar refractivity (Wildman–Crippen MR) is 93.4 cm³/mol. The first-order valence-electron chi connectivity index (χ1n) is 8.05. The lowest BCUT2D eigenvalue weighted by Crippen LogP contribution is -2.16. The summed E-state index contributed by atoms with van der Waals surface area (Å²) in [6.45, 7) is 6.60. The molecule has 0 spiro atoms. The van der Waals surface area contributed by atoms with Crippen LogP contribution in [-0.4, -0.2) is 22.2 Å². The monoisotopic (exact) mass is 342 g/mol. The molecule has 2 aromatic rings. The number of carbonyl (C=O) groups excluding carboxylic acids is 2. The van der Waals surface area contributed by atoms with E-state index in [1.54, 1.807) is 64.1 Å². The van der Waals surface area contributed by atoms with E-state index in [9.17, 15) is 19.8 Å². The SMILES string of the molecule is Cc1c(C(=O)OC(=O)c2cccc(C(C)O)c2C)cccc1C(C)O. The average Bonchev–Trinajstić information content (AvgIpc) is 2.54. The summed E-state index contributed by atoms with van der Waals surface area (Å²) in [4.78, 5) is 24.8. The molecule has 5 heteroatoms. The summed E-state index contributed by atoms with van der Waals surface area (Å²) >= 11 is 0. The van der Waals surface area contributed by atoms with Gasteiger partial charge in [0.1, 0.15) is 0 Å². The van der Waals surface area contributed by atoms with Gasteiger partial charge in [-0.3, -0.25) is 0 Å². The van der Waals surface area contributed by atoms with Crippen LogP contribution in [0.2, 0.25) is 0 Å². The summed E-state index contributed by atoms with van der Waals surface area (Å²) in [7, 11) is 0. The second-order valence-electron chi connectivity index (χ2n) is 6.07. The largest absolute Gasteiger partial charge is 0.389 e. The van der Waals surface area contributed by atoms with E-state index in [0.29, 0.717) is 22.3 Å². The van der Waals surface area contributed by atoms with Crippen LogP contribution >= 0.6 is 0 Å². The van der Waals surface area contributed by atoms with Gasteiger partial charge in [0.2, 0.25) is 0 Å². The first-order chi connectivity index (χ1) is 11.7. The van der Waals surface area contributed by atoms with E-state index in [-0.39, 0.29) is 11.1 Å². The van der Waals surface area contributed by atoms with Crippen LogP contribution < -0.4 is 0 Å². The summed E-state index contributed by atoms with van der Waals surface area (Å²) in [5.41, 5.74) is 2.82. The molecular formula is C20H22O5. The van der Waals surface area contributed by atoms with Gasteiger partial charge in [-0.1, -0.05) is 24.3 Å². The lowest BCUT2D eigenvalue weighted by Gasteiger charge is -2.14. The number of aliphatic hydroxyl groups is 2. The van der Waals surface area contributed by atoms with E-state index >= 15 is 0 Å². The topological polar surface area (TPSA) is 83.8 Å². The minimum atomic E-state index is -0.771. The molecule has 2 unspecified atom stereocenters. The summed E-state index contributed by atoms with van der Waals surface area (Å²) in [6, 6.07) is 9.81. The van der Waals surface area contributed by atoms with Crippen LogP contribution in [0.25, 0.3) is 0 Å². The molecule has 2 aromatic carbocycles. The van der Waals surface area contributed by atoms with Crippen molar-refractivity contribution in [2.24, 2.45) is 0 Å². The number of aliphatic hydroxyl groups excluding tert-OH is 2. The van der Waals surface area contributed by atoms with E-state index in [1.807, 2.05) is 0 Å². The molecule has 132 valence electrons. The quantitative estimate of drug-likeness (QED) is 0.657. The van der Waals surface area contributed by atoms with Gasteiger partial charge in [0.15, 0.2) is 0 Å². The Kier molecular flexibility index (Phi) is 5.72. The molecule has 0 aromatic heterocycles. The molecule has 0 amide bonds. The fourth-order valence-electron chi connectivity index (χ4n) is 2.85. The van der Waals surface area contributed by atoms with Crippen molar-refractivity contribution >= 4 is 11.9 Å². The Labute approximate surface area is 146 Å². The Bertz CT molecular complexity index is 738. The lowest BCUT2D eigenvalue weighted by atomic mass is 9.98. The van der Waals surface area contributed by atoms with Crippen LogP contribution in [0.1, 0.15) is 69.0 Å². The van der Waals surface area contributed by atoms with Crippen molar-refractivity contribution in [1.29, 1.82) is 0 Å². The van der Waals surface area contributed by atoms with Crippen LogP contribution in [0.3, 0.4) is 0 Å². The zero-order chi connectivity index (χ0) is 18.7. The summed E-state index contributed by atoms with van der Waals surface area (Å²) < 4.78 is 5.01. The third-order valence-electron chi connectivity index (χ3n) is 4.28. The summed E-state index contributed by atoms with van der Waals surface area (Å²) in [6.07, 6.45) is -1.46. The zero-order valence-electron chi connectivity index (χ0n) is 14.7. The second-order valence-corrected chi connectivity index (χ2v) is 6.07. The molecule has 0 saturated carbocycles. The van der Waals surface area contributed by atoms with Crippen molar-refractivity contribution in [3.63, 3.8) is 0 Å². The van der Waals surface area contributed by atoms with Gasteiger partial charge in [0.25, 0.3) is 0 Å². The fourth-order valence-corrected chi connectivity index (χ4v) is 2.85. The summed E-state index contributed by atoms with van der Waals surface area (Å²) in [5, 5.41) is 19.5. The molecule has 0 heterocycles. The first-order valence-corrected chi connectivity index (χ1v) is 8.05. The highest BCUT2D eigenvalue weighted by atomic mass is 16.6. The standard InChI is InChI=1S/C20H22O5/c1-11-15(13(3)21)7-5-9-17(11)19(23)25-20(24)18-10-6-8-16(12(18)2)14(4)22/h5-10,13-14,21-22H,1-4H3. The molecule has 0 radical (unpaired) electrons. The molecule has 2 N–H and O–H groups in total. The highest BCUT2D eigenvalue weighted by Crippen LogP contribution is 2.23. The molecule has 0 saturated heterocycles. The van der Waals surface area contributed by atoms with Crippen LogP contribution in [-0.2, 0) is 4.74 Å². The number of hydrogen-bond acceptors (Lipinski definition) is 5. The maximum atomic E-state index is 12.4. The van der Waals surface area contributed by atoms with Gasteiger partial charge < -0.3 is 14.9 Å². The molecule has 5 nitrogen and oxygen atoms in total. The van der Waals surface area contributed by atoms with E-state index in [1.165, 1.54) is 0 Å². The van der Waals surface area contributed by atoms with Crippen molar-refractivity contribution in [3.05, 3.63) is 69.8 Å². The fraction of sp³-hybridized carbons (Fsp3) is 0.300. The van der Waals surface area contributed by atoms with Crippen LogP contribution in [0.15, 0.2) is 36.4 Å². The van der Waals surface area contributed by atoms with Gasteiger partial charge in [-0.05, 0) is 62.1 Å². The maximum absolute atomic E-state index is 12.4. The molecule has 0 fully saturated rings. The van der Waals surface area contributed by atoms with E-state index < -0.39 is 24.1 Å². The van der Waals surface area contributed by atoms with Crippen molar-refractivity contribution in [2.75, 3.05) is 0 Å². The van der Waals surface area contributed by atoms with Crippen molar-refractivity contribution in [1.82, 2.24) is 0 Å². The van der Waals surface area contributed by atoms with E-state index in [4.69, 9.17) is 4.74 Å². The van der Waals surface area contributed by atoms with Crippen molar-refractivity contribution in [2.45, 2.75) is 39.9 Å². The molecule has 0 aliphatic carbocycles. The van der Waals surface area contributed by atoms with Gasteiger partial charge in [-0.2, -0.15) is 0 Å². The van der Waals surface area contributed by atoms with Gasteiger partial charge in [0, 0.05) is 0 Å². The molecule has 0 bridgehead atoms. The smallest absolute Gasteiger partial charge is 0.346 e. The number of benzene rings is 2. The van der Waals surface area contributed by atoms with Gasteiger partial charge in [-0.25, -0.2) is 9.59 Å². The molecule has 25 heavy (non-hydrogen) atoms. The van der Waals surface area contributed by atoms with Crippen molar-refractivity contribution in [3.8, 4) is 0 Å². The van der Waals surface area contributed by atoms with Gasteiger partial charge in [0.05, 0.1) is 23.3 Å². The number of esters is 2. The number of ether oxygens (including phenoxy) is 1. The first kappa shape index (κ1) is 18.8. The maximum Gasteiger partial charge on any atom is 0.346 e. The number of hydrogen-bond donors (Lipinski definition) is 2. The number of rotatable bonds is 4. The zero-order valence-corrected chi connectivity index (χ0v) is 14.7. The highest BCUT2D eigenvalue weighted by molar-refractivity contribution is 6.04. The minimum Gasteiger partial charge on any atom is -0.389 e. The van der Waals surface area contributed by atoms with Gasteiger partial charge >= 0.3 is 11.9 Å². The van der Waals surface area contributed by atoms with E-state index in [0.717, 1.165) is 0 Å². The molecular weight excluding hydrogens is 320 g/mol. The number of carbonyl (C=O) groups is 2. The van der Waals surface area contributed by atoms with Crippen molar-refractivity contribution < 1.29 is 24.5 Å². The highest BCUT2D eigenvalue weighted by Gasteiger charge is 2.21. The van der Waals surface area contributed by atoms with Crippen LogP contribution in [0.5, 0.6) is 0 Å². The average molecular weight is 342 g/mol. The Morgan fingerprint density at radius 3 is 1.48 bits per heavy atom. The Morgan fingerprint density at radius 2 is 1.16 bits per heavy atom. The molecule has 2 rings (SSSR count). The second kappa shape index (κ2) is 7.59. The lowest BCUT2D eigenvalue weighted by molar-refractivity contribution is 0.0396. The van der Waals surface area contributed by atoms with Crippen LogP contribution in [0.4, 0.5) is 0 Å². The Hall–Kier alpha value is -2.50. The minimum absolute atomic E-state index is 0.232. The molecule has 0 aliphatic rings. The Balaban J connectivity index is 2.29. The van der Waals surface area contributed by atoms with E-state index in [2.05, 4.69) is 0 Å². The normalized spacial score (nSPS) is 13.2.